The molecule has 10 nitrogen and oxygen atoms in total. The van der Waals surface area contributed by atoms with Crippen molar-refractivity contribution in [3.63, 3.8) is 0 Å². The lowest BCUT2D eigenvalue weighted by Crippen LogP contribution is -2.65. The van der Waals surface area contributed by atoms with Gasteiger partial charge in [-0.2, -0.15) is 0 Å². The Balaban J connectivity index is 1.41. The first-order valence-corrected chi connectivity index (χ1v) is 14.9. The molecule has 1 fully saturated rings. The van der Waals surface area contributed by atoms with E-state index in [2.05, 4.69) is 22.2 Å². The van der Waals surface area contributed by atoms with Gasteiger partial charge >= 0.3 is 0 Å². The molecule has 7 rings (SSSR count). The van der Waals surface area contributed by atoms with Gasteiger partial charge in [0.1, 0.15) is 34.1 Å². The summed E-state index contributed by atoms with van der Waals surface area (Å²) in [5.41, 5.74) is -1.32. The van der Waals surface area contributed by atoms with Gasteiger partial charge in [0.05, 0.1) is 18.2 Å². The first-order chi connectivity index (χ1) is 21.8. The average Bonchev–Trinajstić information content (AvgIpc) is 3.39. The van der Waals surface area contributed by atoms with Crippen LogP contribution in [0.2, 0.25) is 0 Å². The number of carbonyl (C=O) groups excluding carboxylic acids is 3. The highest BCUT2D eigenvalue weighted by Gasteiger charge is 2.59. The predicted molar refractivity (Wildman–Crippen MR) is 171 cm³/mol. The second kappa shape index (κ2) is 9.58. The fourth-order valence-electron chi connectivity index (χ4n) is 7.34. The first-order valence-electron chi connectivity index (χ1n) is 14.9. The highest BCUT2D eigenvalue weighted by Crippen LogP contribution is 2.58. The number of aryl methyl sites for hydroxylation is 1. The number of aliphatic hydroxyl groups is 1. The number of nitrogens with one attached hydrogen (secondary N) is 3. The van der Waals surface area contributed by atoms with Gasteiger partial charge in [-0.3, -0.25) is 14.4 Å². The molecule has 6 N–H and O–H groups in total. The molecule has 2 aliphatic carbocycles. The number of aromatic nitrogens is 1. The number of piperazine rings is 1. The van der Waals surface area contributed by atoms with Crippen molar-refractivity contribution in [1.82, 2.24) is 15.6 Å². The van der Waals surface area contributed by atoms with Crippen LogP contribution in [0.1, 0.15) is 76.1 Å². The molecule has 1 aliphatic heterocycles. The lowest BCUT2D eigenvalue weighted by atomic mass is 9.60. The van der Waals surface area contributed by atoms with Crippen molar-refractivity contribution >= 4 is 34.6 Å². The standard InChI is InChI=1S/C36H33N3O7/c1-6-34(3,4)31-19(18-9-7-8-10-21(18)37-31)15-22-32(43)39-35(33(44)38-22)11-12-36(45)20-13-17(2)14-23(40)26(20)30(42)27-24(41)16-25(46-5)28(35)29(27)36/h6-10,13-16,37,40-41,45H,1,11-12H2,2-5H3,(H,38,44)(H,39,43)/b22-15-/t35-,36-/m0/s1. The normalized spacial score (nSPS) is 22.8. The van der Waals surface area contributed by atoms with Crippen LogP contribution in [-0.4, -0.2) is 45.0 Å². The maximum atomic E-state index is 14.3. The van der Waals surface area contributed by atoms with E-state index in [-0.39, 0.29) is 57.9 Å². The molecule has 1 saturated heterocycles. The summed E-state index contributed by atoms with van der Waals surface area (Å²) in [6.07, 6.45) is 3.24. The number of para-hydroxylation sites is 1. The highest BCUT2D eigenvalue weighted by atomic mass is 16.5. The number of hydrogen-bond acceptors (Lipinski definition) is 7. The quantitative estimate of drug-likeness (QED) is 0.146. The minimum absolute atomic E-state index is 0.0101. The summed E-state index contributed by atoms with van der Waals surface area (Å²) in [6, 6.07) is 11.9. The summed E-state index contributed by atoms with van der Waals surface area (Å²) in [6.45, 7) is 9.68. The van der Waals surface area contributed by atoms with Crippen molar-refractivity contribution in [1.29, 1.82) is 0 Å². The molecule has 4 aromatic rings. The number of amides is 2. The van der Waals surface area contributed by atoms with Crippen LogP contribution in [0.15, 0.2) is 60.8 Å². The number of aromatic amines is 1. The second-order valence-electron chi connectivity index (χ2n) is 12.9. The van der Waals surface area contributed by atoms with Gasteiger partial charge in [-0.05, 0) is 43.5 Å². The van der Waals surface area contributed by atoms with Gasteiger partial charge in [-0.1, -0.05) is 44.2 Å². The van der Waals surface area contributed by atoms with E-state index in [0.717, 1.165) is 22.2 Å². The van der Waals surface area contributed by atoms with Gasteiger partial charge < -0.3 is 35.7 Å². The summed E-state index contributed by atoms with van der Waals surface area (Å²) < 4.78 is 5.63. The third-order valence-electron chi connectivity index (χ3n) is 9.75. The maximum absolute atomic E-state index is 14.3. The topological polar surface area (TPSA) is 161 Å². The lowest BCUT2D eigenvalue weighted by Gasteiger charge is -2.49. The Morgan fingerprint density at radius 1 is 1.00 bits per heavy atom. The van der Waals surface area contributed by atoms with E-state index in [1.54, 1.807) is 25.1 Å². The Kier molecular flexibility index (Phi) is 6.11. The SMILES string of the molecule is C=CC(C)(C)c1[nH]c2ccccc2c1/C=C1\NC(=O)[C@@]2(CC[C@]3(O)c4cc(C)cc(O)c4C(=O)c4c(O)cc(OC)c2c43)NC1=O. The summed E-state index contributed by atoms with van der Waals surface area (Å²) in [4.78, 5) is 45.6. The van der Waals surface area contributed by atoms with E-state index < -0.39 is 39.9 Å². The van der Waals surface area contributed by atoms with Crippen molar-refractivity contribution in [2.75, 3.05) is 7.11 Å². The van der Waals surface area contributed by atoms with Crippen LogP contribution in [0.5, 0.6) is 17.2 Å². The number of methoxy groups -OCH3 is 1. The van der Waals surface area contributed by atoms with Crippen LogP contribution in [0.3, 0.4) is 0 Å². The van der Waals surface area contributed by atoms with E-state index >= 15 is 0 Å². The Labute approximate surface area is 264 Å². The smallest absolute Gasteiger partial charge is 0.268 e. The molecule has 0 unspecified atom stereocenters. The van der Waals surface area contributed by atoms with E-state index in [1.165, 1.54) is 19.2 Å². The van der Waals surface area contributed by atoms with Gasteiger partial charge in [0.15, 0.2) is 0 Å². The zero-order valence-electron chi connectivity index (χ0n) is 25.8. The number of ether oxygens (including phenoxy) is 1. The van der Waals surface area contributed by atoms with Crippen LogP contribution >= 0.6 is 0 Å². The zero-order valence-corrected chi connectivity index (χ0v) is 25.8. The number of H-pyrrole nitrogens is 1. The fraction of sp³-hybridized carbons (Fsp3) is 0.250. The van der Waals surface area contributed by atoms with Gasteiger partial charge in [0, 0.05) is 50.3 Å². The largest absolute Gasteiger partial charge is 0.507 e. The minimum Gasteiger partial charge on any atom is -0.507 e. The number of allylic oxidation sites excluding steroid dienone is 1. The third kappa shape index (κ3) is 3.76. The molecule has 3 aliphatic rings. The number of phenols is 2. The summed E-state index contributed by atoms with van der Waals surface area (Å²) >= 11 is 0. The van der Waals surface area contributed by atoms with Crippen molar-refractivity contribution in [3.05, 3.63) is 105 Å². The minimum atomic E-state index is -1.88. The lowest BCUT2D eigenvalue weighted by molar-refractivity contribution is -0.138. The van der Waals surface area contributed by atoms with Crippen LogP contribution < -0.4 is 15.4 Å². The molecule has 234 valence electrons. The van der Waals surface area contributed by atoms with Crippen LogP contribution in [-0.2, 0) is 26.1 Å². The molecule has 0 radical (unpaired) electrons. The second-order valence-corrected chi connectivity index (χ2v) is 12.9. The van der Waals surface area contributed by atoms with Crippen LogP contribution in [0.4, 0.5) is 0 Å². The molecule has 2 heterocycles. The molecule has 46 heavy (non-hydrogen) atoms. The Morgan fingerprint density at radius 3 is 2.43 bits per heavy atom. The Morgan fingerprint density at radius 2 is 1.72 bits per heavy atom. The molecule has 2 amide bonds. The number of fused-ring (bicyclic) bond motifs is 4. The van der Waals surface area contributed by atoms with Crippen molar-refractivity contribution in [3.8, 4) is 17.2 Å². The van der Waals surface area contributed by atoms with E-state index in [1.807, 2.05) is 38.1 Å². The monoisotopic (exact) mass is 619 g/mol. The molecule has 1 spiro atoms. The number of phenolic OH excluding ortho intramolecular Hbond substituents is 2. The van der Waals surface area contributed by atoms with Gasteiger partial charge in [-0.15, -0.1) is 6.58 Å². The average molecular weight is 620 g/mol. The van der Waals surface area contributed by atoms with Crippen molar-refractivity contribution in [2.45, 2.75) is 50.2 Å². The molecule has 1 aromatic heterocycles. The van der Waals surface area contributed by atoms with Crippen LogP contribution in [0.25, 0.3) is 17.0 Å². The zero-order chi connectivity index (χ0) is 32.9. The first kappa shape index (κ1) is 29.4. The number of aromatic hydroxyl groups is 2. The van der Waals surface area contributed by atoms with Gasteiger partial charge in [0.2, 0.25) is 5.78 Å². The van der Waals surface area contributed by atoms with E-state index in [4.69, 9.17) is 4.74 Å². The molecular weight excluding hydrogens is 586 g/mol. The highest BCUT2D eigenvalue weighted by molar-refractivity contribution is 6.18. The Hall–Kier alpha value is -5.35. The number of benzene rings is 3. The fourth-order valence-corrected chi connectivity index (χ4v) is 7.34. The molecule has 3 aromatic carbocycles. The predicted octanol–water partition coefficient (Wildman–Crippen LogP) is 4.42. The molecule has 0 saturated carbocycles. The van der Waals surface area contributed by atoms with Gasteiger partial charge in [0.25, 0.3) is 11.8 Å². The molecule has 2 atom stereocenters. The van der Waals surface area contributed by atoms with E-state index in [9.17, 15) is 29.7 Å². The van der Waals surface area contributed by atoms with Crippen LogP contribution in [0, 0.1) is 6.92 Å². The third-order valence-corrected chi connectivity index (χ3v) is 9.75. The number of rotatable bonds is 4. The number of ketones is 1. The Bertz CT molecular complexity index is 2110. The number of carbonyl (C=O) groups is 3. The molecular formula is C36H33N3O7. The molecule has 10 heteroatoms. The summed E-state index contributed by atoms with van der Waals surface area (Å²) in [5, 5.41) is 40.8. The van der Waals surface area contributed by atoms with E-state index in [0.29, 0.717) is 5.56 Å². The van der Waals surface area contributed by atoms with Gasteiger partial charge in [-0.25, -0.2) is 0 Å². The molecule has 0 bridgehead atoms. The summed E-state index contributed by atoms with van der Waals surface area (Å²) in [7, 11) is 1.33. The van der Waals surface area contributed by atoms with Crippen molar-refractivity contribution in [2.24, 2.45) is 0 Å². The number of hydrogen-bond donors (Lipinski definition) is 6. The summed E-state index contributed by atoms with van der Waals surface area (Å²) in [5.74, 6) is -2.70. The van der Waals surface area contributed by atoms with Crippen molar-refractivity contribution < 1.29 is 34.4 Å². The maximum Gasteiger partial charge on any atom is 0.268 e.